The third-order valence-electron chi connectivity index (χ3n) is 2.59. The molecule has 78 valence electrons. The van der Waals surface area contributed by atoms with Crippen LogP contribution in [0, 0.1) is 0 Å². The van der Waals surface area contributed by atoms with E-state index in [1.54, 1.807) is 11.3 Å². The molecule has 0 atom stereocenters. The summed E-state index contributed by atoms with van der Waals surface area (Å²) in [6, 6.07) is 12.1. The molecule has 0 aliphatic heterocycles. The van der Waals surface area contributed by atoms with Crippen LogP contribution in [0.25, 0.3) is 20.2 Å². The van der Waals surface area contributed by atoms with Gasteiger partial charge < -0.3 is 0 Å². The minimum Gasteiger partial charge on any atom is -0.298 e. The highest BCUT2D eigenvalue weighted by molar-refractivity contribution is 9.10. The molecule has 0 radical (unpaired) electrons. The first-order chi connectivity index (χ1) is 7.78. The van der Waals surface area contributed by atoms with Crippen LogP contribution in [0.1, 0.15) is 10.4 Å². The fraction of sp³-hybridized carbons (Fsp3) is 0. The lowest BCUT2D eigenvalue weighted by atomic mass is 10.1. The molecule has 16 heavy (non-hydrogen) atoms. The molecule has 0 fully saturated rings. The molecule has 0 aliphatic rings. The van der Waals surface area contributed by atoms with Crippen molar-refractivity contribution in [3.05, 3.63) is 46.4 Å². The summed E-state index contributed by atoms with van der Waals surface area (Å²) in [7, 11) is 0. The summed E-state index contributed by atoms with van der Waals surface area (Å²) in [5, 5.41) is 2.36. The van der Waals surface area contributed by atoms with Crippen molar-refractivity contribution in [2.75, 3.05) is 0 Å². The first-order valence-electron chi connectivity index (χ1n) is 4.85. The van der Waals surface area contributed by atoms with Gasteiger partial charge in [-0.2, -0.15) is 0 Å². The van der Waals surface area contributed by atoms with Crippen LogP contribution in [0.2, 0.25) is 0 Å². The normalized spacial score (nSPS) is 11.1. The SMILES string of the molecule is O=Cc1ccc2sc3ccc(Br)cc3c2c1. The van der Waals surface area contributed by atoms with Crippen molar-refractivity contribution in [3.8, 4) is 0 Å². The lowest BCUT2D eigenvalue weighted by Crippen LogP contribution is -1.76. The molecule has 0 spiro atoms. The number of halogens is 1. The van der Waals surface area contributed by atoms with Gasteiger partial charge in [0.05, 0.1) is 0 Å². The van der Waals surface area contributed by atoms with Gasteiger partial charge in [-0.1, -0.05) is 22.0 Å². The zero-order valence-corrected chi connectivity index (χ0v) is 10.6. The van der Waals surface area contributed by atoms with Crippen LogP contribution in [0.3, 0.4) is 0 Å². The fourth-order valence-electron chi connectivity index (χ4n) is 1.84. The number of fused-ring (bicyclic) bond motifs is 3. The molecule has 3 rings (SSSR count). The molecular weight excluding hydrogens is 284 g/mol. The Balaban J connectivity index is 2.49. The molecule has 3 aromatic rings. The molecular formula is C13H7BrOS. The van der Waals surface area contributed by atoms with Crippen LogP contribution < -0.4 is 0 Å². The van der Waals surface area contributed by atoms with Crippen LogP contribution >= 0.6 is 27.3 Å². The van der Waals surface area contributed by atoms with E-state index in [1.165, 1.54) is 14.8 Å². The molecule has 1 nitrogen and oxygen atoms in total. The van der Waals surface area contributed by atoms with E-state index in [1.807, 2.05) is 24.3 Å². The van der Waals surface area contributed by atoms with Crippen molar-refractivity contribution in [1.29, 1.82) is 0 Å². The Morgan fingerprint density at radius 1 is 1.00 bits per heavy atom. The topological polar surface area (TPSA) is 17.1 Å². The van der Waals surface area contributed by atoms with E-state index in [4.69, 9.17) is 0 Å². The molecule has 1 heterocycles. The number of benzene rings is 2. The number of rotatable bonds is 1. The molecule has 0 bridgehead atoms. The molecule has 0 unspecified atom stereocenters. The molecule has 0 aliphatic carbocycles. The number of hydrogen-bond donors (Lipinski definition) is 0. The Labute approximate surface area is 105 Å². The van der Waals surface area contributed by atoms with Gasteiger partial charge in [0.15, 0.2) is 0 Å². The van der Waals surface area contributed by atoms with Crippen molar-refractivity contribution in [1.82, 2.24) is 0 Å². The summed E-state index contributed by atoms with van der Waals surface area (Å²) in [6.07, 6.45) is 0.890. The highest BCUT2D eigenvalue weighted by Gasteiger charge is 2.05. The van der Waals surface area contributed by atoms with E-state index < -0.39 is 0 Å². The smallest absolute Gasteiger partial charge is 0.150 e. The Morgan fingerprint density at radius 2 is 1.69 bits per heavy atom. The predicted molar refractivity (Wildman–Crippen MR) is 72.4 cm³/mol. The van der Waals surface area contributed by atoms with Gasteiger partial charge in [0.2, 0.25) is 0 Å². The summed E-state index contributed by atoms with van der Waals surface area (Å²) in [4.78, 5) is 10.8. The van der Waals surface area contributed by atoms with E-state index in [0.717, 1.165) is 21.7 Å². The number of aldehydes is 1. The predicted octanol–water partition coefficient (Wildman–Crippen LogP) is 4.63. The van der Waals surface area contributed by atoms with Gasteiger partial charge in [0.1, 0.15) is 6.29 Å². The monoisotopic (exact) mass is 290 g/mol. The third kappa shape index (κ3) is 1.47. The van der Waals surface area contributed by atoms with Crippen LogP contribution in [-0.2, 0) is 0 Å². The summed E-state index contributed by atoms with van der Waals surface area (Å²) in [6.45, 7) is 0. The third-order valence-corrected chi connectivity index (χ3v) is 4.24. The lowest BCUT2D eigenvalue weighted by molar-refractivity contribution is 0.112. The number of thiophene rings is 1. The molecule has 0 saturated heterocycles. The van der Waals surface area contributed by atoms with Gasteiger partial charge in [-0.15, -0.1) is 11.3 Å². The zero-order valence-electron chi connectivity index (χ0n) is 8.24. The summed E-state index contributed by atoms with van der Waals surface area (Å²) < 4.78 is 3.54. The maximum Gasteiger partial charge on any atom is 0.150 e. The van der Waals surface area contributed by atoms with E-state index in [0.29, 0.717) is 0 Å². The number of carbonyl (C=O) groups is 1. The highest BCUT2D eigenvalue weighted by Crippen LogP contribution is 2.35. The van der Waals surface area contributed by atoms with Crippen molar-refractivity contribution >= 4 is 53.7 Å². The van der Waals surface area contributed by atoms with Gasteiger partial charge in [-0.05, 0) is 30.3 Å². The minimum atomic E-state index is 0.729. The summed E-state index contributed by atoms with van der Waals surface area (Å²) >= 11 is 5.23. The molecule has 0 saturated carbocycles. The van der Waals surface area contributed by atoms with E-state index >= 15 is 0 Å². The molecule has 1 aromatic heterocycles. The van der Waals surface area contributed by atoms with Crippen LogP contribution in [0.4, 0.5) is 0 Å². The van der Waals surface area contributed by atoms with E-state index in [9.17, 15) is 4.79 Å². The number of carbonyl (C=O) groups excluding carboxylic acids is 1. The van der Waals surface area contributed by atoms with Crippen molar-refractivity contribution < 1.29 is 4.79 Å². The second-order valence-electron chi connectivity index (χ2n) is 3.62. The Kier molecular flexibility index (Phi) is 2.30. The van der Waals surface area contributed by atoms with Gasteiger partial charge in [0.25, 0.3) is 0 Å². The summed E-state index contributed by atoms with van der Waals surface area (Å²) in [5.41, 5.74) is 0.729. The van der Waals surface area contributed by atoms with Crippen LogP contribution in [0.15, 0.2) is 40.9 Å². The average Bonchev–Trinajstić information content (AvgIpc) is 2.66. The van der Waals surface area contributed by atoms with Gasteiger partial charge in [-0.3, -0.25) is 4.79 Å². The first-order valence-corrected chi connectivity index (χ1v) is 6.46. The molecule has 0 amide bonds. The van der Waals surface area contributed by atoms with Crippen LogP contribution in [-0.4, -0.2) is 6.29 Å². The van der Waals surface area contributed by atoms with Gasteiger partial charge in [0, 0.05) is 30.2 Å². The maximum atomic E-state index is 10.8. The molecule has 0 N–H and O–H groups in total. The standard InChI is InChI=1S/C13H7BrOS/c14-9-2-4-13-11(6-9)10-5-8(7-15)1-3-12(10)16-13/h1-7H. The minimum absolute atomic E-state index is 0.729. The Bertz CT molecular complexity index is 700. The molecule has 2 aromatic carbocycles. The van der Waals surface area contributed by atoms with Crippen molar-refractivity contribution in [3.63, 3.8) is 0 Å². The Morgan fingerprint density at radius 3 is 2.44 bits per heavy atom. The zero-order chi connectivity index (χ0) is 11.1. The largest absolute Gasteiger partial charge is 0.298 e. The first kappa shape index (κ1) is 10.00. The van der Waals surface area contributed by atoms with Crippen molar-refractivity contribution in [2.24, 2.45) is 0 Å². The van der Waals surface area contributed by atoms with Crippen LogP contribution in [0.5, 0.6) is 0 Å². The lowest BCUT2D eigenvalue weighted by Gasteiger charge is -1.94. The van der Waals surface area contributed by atoms with Gasteiger partial charge in [-0.25, -0.2) is 0 Å². The number of hydrogen-bond acceptors (Lipinski definition) is 2. The van der Waals surface area contributed by atoms with E-state index in [-0.39, 0.29) is 0 Å². The quantitative estimate of drug-likeness (QED) is 0.597. The van der Waals surface area contributed by atoms with Crippen molar-refractivity contribution in [2.45, 2.75) is 0 Å². The highest BCUT2D eigenvalue weighted by atomic mass is 79.9. The fourth-order valence-corrected chi connectivity index (χ4v) is 3.27. The average molecular weight is 291 g/mol. The van der Waals surface area contributed by atoms with Gasteiger partial charge >= 0.3 is 0 Å². The van der Waals surface area contributed by atoms with E-state index in [2.05, 4.69) is 28.1 Å². The maximum absolute atomic E-state index is 10.8. The summed E-state index contributed by atoms with van der Waals surface area (Å²) in [5.74, 6) is 0. The molecule has 3 heteroatoms. The second kappa shape index (κ2) is 3.68. The Hall–Kier alpha value is -1.19. The second-order valence-corrected chi connectivity index (χ2v) is 5.62.